The minimum atomic E-state index is -1.01. The number of guanidine groups is 1. The molecule has 0 amide bonds. The summed E-state index contributed by atoms with van der Waals surface area (Å²) in [5, 5.41) is 36.7. The number of hydrogen-bond acceptors (Lipinski definition) is 8. The van der Waals surface area contributed by atoms with Gasteiger partial charge in [-0.2, -0.15) is 0 Å². The van der Waals surface area contributed by atoms with Crippen molar-refractivity contribution < 1.29 is 24.2 Å². The van der Waals surface area contributed by atoms with Crippen LogP contribution in [0.25, 0.3) is 0 Å². The van der Waals surface area contributed by atoms with Crippen LogP contribution in [0.15, 0.2) is 11.2 Å². The molecule has 0 saturated heterocycles. The van der Waals surface area contributed by atoms with Crippen LogP contribution in [0.2, 0.25) is 0 Å². The average Bonchev–Trinajstić information content (AvgIpc) is 2.49. The van der Waals surface area contributed by atoms with Crippen LogP contribution in [-0.2, 0) is 0 Å². The minimum absolute atomic E-state index is 0.159. The van der Waals surface area contributed by atoms with Gasteiger partial charge in [-0.1, -0.05) is 0 Å². The fourth-order valence-corrected chi connectivity index (χ4v) is 1.63. The Morgan fingerprint density at radius 2 is 1.78 bits per heavy atom. The van der Waals surface area contributed by atoms with Crippen molar-refractivity contribution in [1.29, 1.82) is 0 Å². The van der Waals surface area contributed by atoms with Crippen molar-refractivity contribution in [1.82, 2.24) is 0 Å². The summed E-state index contributed by atoms with van der Waals surface area (Å²) < 4.78 is 9.85. The highest BCUT2D eigenvalue weighted by molar-refractivity contribution is 5.93. The molecule has 124 valence electrons. The monoisotopic (exact) mass is 328 g/mol. The topological polar surface area (TPSA) is 195 Å². The first kappa shape index (κ1) is 17.4. The van der Waals surface area contributed by atoms with Gasteiger partial charge in [0.15, 0.2) is 11.5 Å². The number of hydrogen-bond donors (Lipinski definition) is 2. The Kier molecular flexibility index (Phi) is 5.21. The maximum Gasteiger partial charge on any atom is 0.366 e. The number of methoxy groups -OCH3 is 2. The predicted octanol–water partition coefficient (Wildman–Crippen LogP) is -0.362. The summed E-state index contributed by atoms with van der Waals surface area (Å²) in [5.41, 5.74) is 7.75. The molecule has 0 atom stereocenters. The van der Waals surface area contributed by atoms with E-state index in [-0.39, 0.29) is 16.3 Å². The lowest BCUT2D eigenvalue weighted by Gasteiger charge is -2.11. The molecular formula is C10H12N6O7. The molecule has 0 aliphatic heterocycles. The molecule has 0 heterocycles. The molecule has 0 aliphatic rings. The van der Waals surface area contributed by atoms with Gasteiger partial charge in [-0.05, 0) is 0 Å². The van der Waals surface area contributed by atoms with E-state index in [4.69, 9.17) is 20.9 Å². The third-order valence-corrected chi connectivity index (χ3v) is 2.55. The summed E-state index contributed by atoms with van der Waals surface area (Å²) in [6.07, 6.45) is 0.666. The van der Waals surface area contributed by atoms with Crippen molar-refractivity contribution in [2.45, 2.75) is 0 Å². The van der Waals surface area contributed by atoms with Crippen LogP contribution in [0.1, 0.15) is 5.56 Å². The number of hydrazone groups is 1. The van der Waals surface area contributed by atoms with Gasteiger partial charge in [-0.15, -0.1) is 9.95 Å². The highest BCUT2D eigenvalue weighted by Gasteiger charge is 2.34. The number of nitro benzene ring substituents is 2. The van der Waals surface area contributed by atoms with E-state index in [1.54, 1.807) is 0 Å². The van der Waals surface area contributed by atoms with E-state index in [1.165, 1.54) is 7.11 Å². The summed E-state index contributed by atoms with van der Waals surface area (Å²) in [7, 11) is 2.34. The van der Waals surface area contributed by atoms with E-state index in [9.17, 15) is 25.4 Å². The largest absolute Gasteiger partial charge is 0.722 e. The Labute approximate surface area is 128 Å². The number of nitrogens with two attached hydrogens (primary N) is 2. The summed E-state index contributed by atoms with van der Waals surface area (Å²) in [5.74, 6) is -1.12. The van der Waals surface area contributed by atoms with Crippen molar-refractivity contribution >= 4 is 23.5 Å². The predicted molar refractivity (Wildman–Crippen MR) is 77.5 cm³/mol. The standard InChI is InChI=1S/C10H12N6O7/c1-22-7-3-6(15(18)19)8(16(20)21)5(9(7)23-2)4-13-14(17)10(11)12/h3-4H,11-12H2,1-2H3/b13-4+. The Bertz CT molecular complexity index is 710. The van der Waals surface area contributed by atoms with E-state index in [2.05, 4.69) is 5.10 Å². The van der Waals surface area contributed by atoms with Crippen molar-refractivity contribution in [3.05, 3.63) is 37.1 Å². The van der Waals surface area contributed by atoms with Gasteiger partial charge >= 0.3 is 17.3 Å². The highest BCUT2D eigenvalue weighted by atomic mass is 16.6. The molecule has 0 bridgehead atoms. The minimum Gasteiger partial charge on any atom is -0.722 e. The van der Waals surface area contributed by atoms with Crippen LogP contribution in [0, 0.1) is 25.4 Å². The molecule has 13 heteroatoms. The molecule has 0 saturated carbocycles. The lowest BCUT2D eigenvalue weighted by atomic mass is 10.1. The molecule has 1 aromatic rings. The second-order valence-electron chi connectivity index (χ2n) is 3.85. The zero-order chi connectivity index (χ0) is 17.7. The average molecular weight is 328 g/mol. The first-order chi connectivity index (χ1) is 10.7. The molecule has 0 radical (unpaired) electrons. The van der Waals surface area contributed by atoms with Crippen LogP contribution in [0.3, 0.4) is 0 Å². The Morgan fingerprint density at radius 3 is 2.17 bits per heavy atom. The Hall–Kier alpha value is -3.64. The van der Waals surface area contributed by atoms with E-state index >= 15 is 0 Å². The normalized spacial score (nSPS) is 10.3. The van der Waals surface area contributed by atoms with Crippen molar-refractivity contribution in [2.24, 2.45) is 16.6 Å². The molecule has 0 aromatic heterocycles. The summed E-state index contributed by atoms with van der Waals surface area (Å²) in [4.78, 5) is 20.0. The lowest BCUT2D eigenvalue weighted by molar-refractivity contribution is -0.464. The van der Waals surface area contributed by atoms with E-state index in [1.807, 2.05) is 0 Å². The molecule has 0 unspecified atom stereocenters. The molecule has 0 fully saturated rings. The Morgan fingerprint density at radius 1 is 1.17 bits per heavy atom. The van der Waals surface area contributed by atoms with Crippen molar-refractivity contribution in [3.63, 3.8) is 0 Å². The zero-order valence-electron chi connectivity index (χ0n) is 12.0. The first-order valence-corrected chi connectivity index (χ1v) is 5.71. The first-order valence-electron chi connectivity index (χ1n) is 5.71. The maximum absolute atomic E-state index is 11.2. The zero-order valence-corrected chi connectivity index (χ0v) is 12.0. The lowest BCUT2D eigenvalue weighted by Crippen LogP contribution is -2.30. The second-order valence-corrected chi connectivity index (χ2v) is 3.85. The van der Waals surface area contributed by atoms with Gasteiger partial charge in [0.1, 0.15) is 5.56 Å². The number of benzene rings is 1. The molecule has 13 nitrogen and oxygen atoms in total. The van der Waals surface area contributed by atoms with Gasteiger partial charge < -0.3 is 14.7 Å². The highest BCUT2D eigenvalue weighted by Crippen LogP contribution is 2.42. The van der Waals surface area contributed by atoms with E-state index in [0.717, 1.165) is 13.2 Å². The van der Waals surface area contributed by atoms with Gasteiger partial charge in [0.2, 0.25) is 0 Å². The number of nitrogens with zero attached hydrogens (tertiary/aromatic N) is 4. The van der Waals surface area contributed by atoms with Gasteiger partial charge in [0, 0.05) is 0 Å². The molecule has 23 heavy (non-hydrogen) atoms. The second kappa shape index (κ2) is 6.88. The van der Waals surface area contributed by atoms with Gasteiger partial charge in [-0.25, -0.2) is 0 Å². The summed E-state index contributed by atoms with van der Waals surface area (Å²) in [6, 6.07) is 0.826. The number of rotatable bonds is 6. The van der Waals surface area contributed by atoms with Gasteiger partial charge in [-0.3, -0.25) is 31.7 Å². The van der Waals surface area contributed by atoms with E-state index in [0.29, 0.717) is 6.21 Å². The summed E-state index contributed by atoms with van der Waals surface area (Å²) in [6.45, 7) is 0. The van der Waals surface area contributed by atoms with Crippen LogP contribution < -0.4 is 20.9 Å². The number of nitro groups is 2. The van der Waals surface area contributed by atoms with Crippen LogP contribution >= 0.6 is 0 Å². The van der Waals surface area contributed by atoms with Crippen molar-refractivity contribution in [3.8, 4) is 11.5 Å². The quantitative estimate of drug-likeness (QED) is 0.175. The van der Waals surface area contributed by atoms with Crippen LogP contribution in [-0.4, -0.2) is 41.1 Å². The molecule has 0 aliphatic carbocycles. The van der Waals surface area contributed by atoms with Gasteiger partial charge in [0.25, 0.3) is 0 Å². The molecular weight excluding hydrogens is 316 g/mol. The van der Waals surface area contributed by atoms with Gasteiger partial charge in [0.05, 0.1) is 36.3 Å². The molecule has 1 rings (SSSR count). The molecule has 4 N–H and O–H groups in total. The SMILES string of the molecule is COc1cc([N+](=O)[O-])c([N+](=O)[O-])c(/C=N/[N+]([O-])=C(N)N)c1OC. The van der Waals surface area contributed by atoms with Crippen LogP contribution in [0.4, 0.5) is 11.4 Å². The van der Waals surface area contributed by atoms with Crippen molar-refractivity contribution in [2.75, 3.05) is 14.2 Å². The van der Waals surface area contributed by atoms with E-state index < -0.39 is 32.7 Å². The Balaban J connectivity index is 3.81. The maximum atomic E-state index is 11.2. The third kappa shape index (κ3) is 3.52. The summed E-state index contributed by atoms with van der Waals surface area (Å²) >= 11 is 0. The van der Waals surface area contributed by atoms with Crippen LogP contribution in [0.5, 0.6) is 11.5 Å². The molecule has 0 spiro atoms. The number of ether oxygens (including phenoxy) is 2. The fourth-order valence-electron chi connectivity index (χ4n) is 1.63. The smallest absolute Gasteiger partial charge is 0.366 e. The fraction of sp³-hybridized carbons (Fsp3) is 0.200. The molecule has 1 aromatic carbocycles. The third-order valence-electron chi connectivity index (χ3n) is 2.55.